The summed E-state index contributed by atoms with van der Waals surface area (Å²) in [6.07, 6.45) is 3.47. The van der Waals surface area contributed by atoms with Crippen LogP contribution in [-0.4, -0.2) is 16.9 Å². The number of hydrogen-bond donors (Lipinski definition) is 3. The molecule has 0 spiro atoms. The van der Waals surface area contributed by atoms with Crippen molar-refractivity contribution in [1.29, 1.82) is 0 Å². The van der Waals surface area contributed by atoms with Crippen LogP contribution in [0.25, 0.3) is 11.1 Å². The number of rotatable bonds is 2. The third-order valence-corrected chi connectivity index (χ3v) is 2.35. The normalized spacial score (nSPS) is 11.1. The van der Waals surface area contributed by atoms with Gasteiger partial charge in [0.25, 0.3) is 0 Å². The van der Waals surface area contributed by atoms with E-state index in [4.69, 9.17) is 17.2 Å². The molecule has 0 aliphatic carbocycles. The van der Waals surface area contributed by atoms with Gasteiger partial charge in [-0.15, -0.1) is 0 Å². The molecule has 0 bridgehead atoms. The summed E-state index contributed by atoms with van der Waals surface area (Å²) in [4.78, 5) is 11.8. The monoisotopic (exact) mass is 254 g/mol. The van der Waals surface area contributed by atoms with Gasteiger partial charge in [-0.1, -0.05) is 12.1 Å². The molecular formula is C13H14N6. The highest BCUT2D eigenvalue weighted by Crippen LogP contribution is 2.23. The summed E-state index contributed by atoms with van der Waals surface area (Å²) in [7, 11) is 0. The van der Waals surface area contributed by atoms with Crippen LogP contribution >= 0.6 is 0 Å². The van der Waals surface area contributed by atoms with Crippen molar-refractivity contribution in [3.05, 3.63) is 48.8 Å². The zero-order valence-corrected chi connectivity index (χ0v) is 10.2. The molecule has 0 radical (unpaired) electrons. The van der Waals surface area contributed by atoms with Gasteiger partial charge in [0.15, 0.2) is 5.96 Å². The fourth-order valence-electron chi connectivity index (χ4n) is 1.59. The van der Waals surface area contributed by atoms with Crippen LogP contribution in [0.4, 0.5) is 5.69 Å². The van der Waals surface area contributed by atoms with E-state index in [1.807, 2.05) is 36.4 Å². The van der Waals surface area contributed by atoms with Gasteiger partial charge in [0, 0.05) is 12.4 Å². The van der Waals surface area contributed by atoms with E-state index in [1.54, 1.807) is 12.4 Å². The Kier molecular flexibility index (Phi) is 3.72. The Labute approximate surface area is 110 Å². The minimum absolute atomic E-state index is 0.0203. The molecule has 1 aromatic heterocycles. The predicted octanol–water partition coefficient (Wildman–Crippen LogP) is 0.968. The molecule has 19 heavy (non-hydrogen) atoms. The van der Waals surface area contributed by atoms with Gasteiger partial charge in [0.1, 0.15) is 0 Å². The maximum atomic E-state index is 5.59. The second-order valence-corrected chi connectivity index (χ2v) is 3.79. The van der Waals surface area contributed by atoms with Gasteiger partial charge in [-0.2, -0.15) is 4.99 Å². The van der Waals surface area contributed by atoms with Crippen molar-refractivity contribution in [2.24, 2.45) is 27.2 Å². The van der Waals surface area contributed by atoms with Crippen molar-refractivity contribution >= 4 is 17.6 Å². The third kappa shape index (κ3) is 3.53. The van der Waals surface area contributed by atoms with Crippen molar-refractivity contribution in [3.63, 3.8) is 0 Å². The van der Waals surface area contributed by atoms with Crippen molar-refractivity contribution in [2.75, 3.05) is 0 Å². The Morgan fingerprint density at radius 2 is 1.68 bits per heavy atom. The zero-order chi connectivity index (χ0) is 13.7. The molecule has 0 saturated carbocycles. The summed E-state index contributed by atoms with van der Waals surface area (Å²) in [6.45, 7) is 0. The van der Waals surface area contributed by atoms with Crippen molar-refractivity contribution in [3.8, 4) is 11.1 Å². The van der Waals surface area contributed by atoms with E-state index in [2.05, 4.69) is 15.0 Å². The van der Waals surface area contributed by atoms with Gasteiger partial charge in [-0.05, 0) is 35.4 Å². The van der Waals surface area contributed by atoms with E-state index in [-0.39, 0.29) is 11.9 Å². The average molecular weight is 254 g/mol. The van der Waals surface area contributed by atoms with Crippen LogP contribution in [0.5, 0.6) is 0 Å². The highest BCUT2D eigenvalue weighted by Gasteiger charge is 1.99. The van der Waals surface area contributed by atoms with Gasteiger partial charge in [-0.25, -0.2) is 4.99 Å². The Hall–Kier alpha value is -2.89. The molecule has 6 nitrogen and oxygen atoms in total. The van der Waals surface area contributed by atoms with E-state index < -0.39 is 0 Å². The zero-order valence-electron chi connectivity index (χ0n) is 10.2. The summed E-state index contributed by atoms with van der Waals surface area (Å²) >= 11 is 0. The van der Waals surface area contributed by atoms with E-state index in [0.717, 1.165) is 11.1 Å². The molecule has 2 rings (SSSR count). The summed E-state index contributed by atoms with van der Waals surface area (Å²) in [5, 5.41) is 0. The molecule has 0 amide bonds. The average Bonchev–Trinajstić information content (AvgIpc) is 2.39. The second-order valence-electron chi connectivity index (χ2n) is 3.79. The molecule has 0 atom stereocenters. The highest BCUT2D eigenvalue weighted by atomic mass is 15.1. The fraction of sp³-hybridized carbons (Fsp3) is 0. The summed E-state index contributed by atoms with van der Waals surface area (Å²) in [6, 6.07) is 11.4. The lowest BCUT2D eigenvalue weighted by Gasteiger charge is -2.02. The van der Waals surface area contributed by atoms with E-state index in [1.165, 1.54) is 0 Å². The molecule has 0 aliphatic heterocycles. The van der Waals surface area contributed by atoms with Gasteiger partial charge in [-0.3, -0.25) is 4.98 Å². The minimum Gasteiger partial charge on any atom is -0.370 e. The third-order valence-electron chi connectivity index (χ3n) is 2.35. The van der Waals surface area contributed by atoms with E-state index in [0.29, 0.717) is 5.69 Å². The molecule has 6 N–H and O–H groups in total. The molecule has 6 heteroatoms. The maximum Gasteiger partial charge on any atom is 0.223 e. The molecule has 1 aromatic carbocycles. The second kappa shape index (κ2) is 5.63. The molecule has 0 saturated heterocycles. The molecule has 96 valence electrons. The summed E-state index contributed by atoms with van der Waals surface area (Å²) < 4.78 is 0. The quantitative estimate of drug-likeness (QED) is 0.547. The van der Waals surface area contributed by atoms with Crippen LogP contribution in [0, 0.1) is 0 Å². The number of aliphatic imine (C=N–C) groups is 2. The van der Waals surface area contributed by atoms with Crippen LogP contribution in [-0.2, 0) is 0 Å². The lowest BCUT2D eigenvalue weighted by atomic mass is 10.1. The van der Waals surface area contributed by atoms with E-state index in [9.17, 15) is 0 Å². The lowest BCUT2D eigenvalue weighted by Crippen LogP contribution is -2.26. The first-order chi connectivity index (χ1) is 9.15. The number of nitrogens with two attached hydrogens (primary N) is 3. The van der Waals surface area contributed by atoms with E-state index >= 15 is 0 Å². The predicted molar refractivity (Wildman–Crippen MR) is 76.8 cm³/mol. The molecular weight excluding hydrogens is 240 g/mol. The lowest BCUT2D eigenvalue weighted by molar-refractivity contribution is 1.33. The van der Waals surface area contributed by atoms with Crippen LogP contribution in [0.2, 0.25) is 0 Å². The standard InChI is InChI=1S/C13H14N6/c14-12(15)19-13(16)18-11-3-1-2-10(8-11)9-4-6-17-7-5-9/h1-8H,(H6,14,15,16,18,19). The first-order valence-electron chi connectivity index (χ1n) is 5.59. The number of nitrogens with zero attached hydrogens (tertiary/aromatic N) is 3. The van der Waals surface area contributed by atoms with Crippen molar-refractivity contribution < 1.29 is 0 Å². The summed E-state index contributed by atoms with van der Waals surface area (Å²) in [5.74, 6) is -0.0987. The highest BCUT2D eigenvalue weighted by molar-refractivity contribution is 5.93. The Morgan fingerprint density at radius 3 is 2.37 bits per heavy atom. The number of pyridine rings is 1. The van der Waals surface area contributed by atoms with Gasteiger partial charge >= 0.3 is 0 Å². The van der Waals surface area contributed by atoms with Gasteiger partial charge < -0.3 is 17.2 Å². The van der Waals surface area contributed by atoms with Crippen LogP contribution < -0.4 is 17.2 Å². The molecule has 0 unspecified atom stereocenters. The van der Waals surface area contributed by atoms with Crippen molar-refractivity contribution in [1.82, 2.24) is 4.98 Å². The first-order valence-corrected chi connectivity index (χ1v) is 5.59. The molecule has 0 aliphatic rings. The molecule has 0 fully saturated rings. The number of guanidine groups is 2. The largest absolute Gasteiger partial charge is 0.370 e. The number of hydrogen-bond acceptors (Lipinski definition) is 2. The number of aromatic nitrogens is 1. The minimum atomic E-state index is -0.119. The topological polar surface area (TPSA) is 116 Å². The van der Waals surface area contributed by atoms with Crippen LogP contribution in [0.1, 0.15) is 0 Å². The Balaban J connectivity index is 2.33. The van der Waals surface area contributed by atoms with Crippen molar-refractivity contribution in [2.45, 2.75) is 0 Å². The van der Waals surface area contributed by atoms with Crippen LogP contribution in [0.3, 0.4) is 0 Å². The molecule has 1 heterocycles. The fourth-order valence-corrected chi connectivity index (χ4v) is 1.59. The number of benzene rings is 1. The van der Waals surface area contributed by atoms with Gasteiger partial charge in [0.2, 0.25) is 5.96 Å². The SMILES string of the molecule is NC(N)=NC(N)=Nc1cccc(-c2ccncc2)c1. The molecule has 2 aromatic rings. The smallest absolute Gasteiger partial charge is 0.223 e. The Morgan fingerprint density at radius 1 is 0.947 bits per heavy atom. The Bertz CT molecular complexity index is 614. The maximum absolute atomic E-state index is 5.59. The first kappa shape index (κ1) is 12.6. The van der Waals surface area contributed by atoms with Gasteiger partial charge in [0.05, 0.1) is 5.69 Å². The van der Waals surface area contributed by atoms with Crippen LogP contribution in [0.15, 0.2) is 58.8 Å². The summed E-state index contributed by atoms with van der Waals surface area (Å²) in [5.41, 5.74) is 18.8.